The van der Waals surface area contributed by atoms with Gasteiger partial charge in [0.25, 0.3) is 11.1 Å². The molecule has 1 aromatic heterocycles. The van der Waals surface area contributed by atoms with Crippen LogP contribution in [-0.2, 0) is 4.79 Å². The third-order valence-corrected chi connectivity index (χ3v) is 7.19. The molecule has 3 heterocycles. The molecule has 0 bridgehead atoms. The Morgan fingerprint density at radius 2 is 1.91 bits per heavy atom. The third kappa shape index (κ3) is 4.66. The lowest BCUT2D eigenvalue weighted by Gasteiger charge is -2.36. The predicted octanol–water partition coefficient (Wildman–Crippen LogP) is 4.81. The first kappa shape index (κ1) is 22.8. The number of fused-ring (bicyclic) bond motifs is 1. The molecule has 5 rings (SSSR count). The normalized spacial score (nSPS) is 18.2. The molecule has 2 saturated heterocycles. The maximum atomic E-state index is 11.9. The summed E-state index contributed by atoms with van der Waals surface area (Å²) >= 11 is 7.65. The van der Waals surface area contributed by atoms with E-state index in [1.807, 2.05) is 30.3 Å². The highest BCUT2D eigenvalue weighted by atomic mass is 35.5. The largest absolute Gasteiger partial charge is 0.368 e. The number of benzene rings is 2. The molecule has 2 aromatic carbocycles. The molecule has 0 saturated carbocycles. The molecular formula is C25H24ClN5O2S. The summed E-state index contributed by atoms with van der Waals surface area (Å²) in [6.45, 7) is 7.36. The van der Waals surface area contributed by atoms with Crippen molar-refractivity contribution in [1.82, 2.24) is 20.2 Å². The van der Waals surface area contributed by atoms with Crippen molar-refractivity contribution < 1.29 is 9.59 Å². The van der Waals surface area contributed by atoms with E-state index < -0.39 is 0 Å². The van der Waals surface area contributed by atoms with Gasteiger partial charge in [0.2, 0.25) is 0 Å². The fourth-order valence-corrected chi connectivity index (χ4v) is 5.39. The average Bonchev–Trinajstić information content (AvgIpc) is 3.15. The van der Waals surface area contributed by atoms with Crippen molar-refractivity contribution in [2.45, 2.75) is 13.3 Å². The lowest BCUT2D eigenvalue weighted by Crippen LogP contribution is -2.46. The Morgan fingerprint density at radius 1 is 1.09 bits per heavy atom. The zero-order valence-electron chi connectivity index (χ0n) is 18.8. The van der Waals surface area contributed by atoms with Crippen LogP contribution in [-0.4, -0.2) is 58.7 Å². The molecule has 0 atom stereocenters. The van der Waals surface area contributed by atoms with Gasteiger partial charge in [0.05, 0.1) is 26.8 Å². The van der Waals surface area contributed by atoms with Crippen LogP contribution in [0.3, 0.4) is 0 Å². The number of thioether (sulfide) groups is 1. The average molecular weight is 494 g/mol. The first-order valence-corrected chi connectivity index (χ1v) is 12.5. The molecule has 1 N–H and O–H groups in total. The highest BCUT2D eigenvalue weighted by molar-refractivity contribution is 8.18. The van der Waals surface area contributed by atoms with Gasteiger partial charge >= 0.3 is 0 Å². The SMILES string of the molecule is CCCN1CCN(c2ccc(-c3ncnc4ccc(C=C5SC(=O)NC5=O)cc34)cc2Cl)CC1. The van der Waals surface area contributed by atoms with E-state index in [1.54, 1.807) is 12.4 Å². The standard InChI is InChI=1S/C25H24ClN5O2S/c1-2-7-30-8-10-31(11-9-30)21-6-4-17(14-19(21)26)23-18-12-16(3-5-20(18)27-15-28-23)13-22-24(32)29-25(33)34-22/h3-6,12-15H,2,7-11H2,1H3,(H,29,32,33). The number of amides is 2. The zero-order valence-corrected chi connectivity index (χ0v) is 20.3. The summed E-state index contributed by atoms with van der Waals surface area (Å²) < 4.78 is 0. The number of aromatic nitrogens is 2. The highest BCUT2D eigenvalue weighted by Gasteiger charge is 2.25. The number of imide groups is 1. The molecule has 0 unspecified atom stereocenters. The van der Waals surface area contributed by atoms with Crippen molar-refractivity contribution in [2.24, 2.45) is 0 Å². The number of carbonyl (C=O) groups excluding carboxylic acids is 2. The first-order valence-electron chi connectivity index (χ1n) is 11.3. The molecule has 34 heavy (non-hydrogen) atoms. The molecule has 0 radical (unpaired) electrons. The molecule has 9 heteroatoms. The van der Waals surface area contributed by atoms with Crippen LogP contribution in [0.1, 0.15) is 18.9 Å². The monoisotopic (exact) mass is 493 g/mol. The summed E-state index contributed by atoms with van der Waals surface area (Å²) in [5, 5.41) is 3.47. The Morgan fingerprint density at radius 3 is 2.62 bits per heavy atom. The molecule has 174 valence electrons. The van der Waals surface area contributed by atoms with Crippen molar-refractivity contribution >= 4 is 57.2 Å². The van der Waals surface area contributed by atoms with Crippen molar-refractivity contribution in [3.63, 3.8) is 0 Å². The highest BCUT2D eigenvalue weighted by Crippen LogP contribution is 2.34. The van der Waals surface area contributed by atoms with Crippen LogP contribution in [0.2, 0.25) is 5.02 Å². The number of nitrogens with one attached hydrogen (secondary N) is 1. The number of rotatable bonds is 5. The van der Waals surface area contributed by atoms with Gasteiger partial charge in [0, 0.05) is 37.1 Å². The van der Waals surface area contributed by atoms with E-state index >= 15 is 0 Å². The smallest absolute Gasteiger partial charge is 0.290 e. The van der Waals surface area contributed by atoms with Crippen LogP contribution in [0, 0.1) is 0 Å². The Hall–Kier alpha value is -2.94. The molecular weight excluding hydrogens is 470 g/mol. The Labute approximate surface area is 207 Å². The molecule has 0 aliphatic carbocycles. The molecule has 7 nitrogen and oxygen atoms in total. The summed E-state index contributed by atoms with van der Waals surface area (Å²) in [7, 11) is 0. The second-order valence-corrected chi connectivity index (χ2v) is 9.77. The number of piperazine rings is 1. The number of nitrogens with zero attached hydrogens (tertiary/aromatic N) is 4. The zero-order chi connectivity index (χ0) is 23.7. The van der Waals surface area contributed by atoms with Gasteiger partial charge in [-0.3, -0.25) is 19.8 Å². The van der Waals surface area contributed by atoms with Gasteiger partial charge in [-0.2, -0.15) is 0 Å². The van der Waals surface area contributed by atoms with Gasteiger partial charge in [-0.1, -0.05) is 30.7 Å². The minimum atomic E-state index is -0.377. The van der Waals surface area contributed by atoms with Crippen molar-refractivity contribution in [1.29, 1.82) is 0 Å². The Kier molecular flexibility index (Phi) is 6.54. The van der Waals surface area contributed by atoms with Gasteiger partial charge in [0.15, 0.2) is 0 Å². The summed E-state index contributed by atoms with van der Waals surface area (Å²) in [5.41, 5.74) is 4.30. The van der Waals surface area contributed by atoms with Crippen LogP contribution in [0.5, 0.6) is 0 Å². The number of hydrogen-bond acceptors (Lipinski definition) is 7. The lowest BCUT2D eigenvalue weighted by molar-refractivity contribution is -0.115. The van der Waals surface area contributed by atoms with Crippen LogP contribution < -0.4 is 10.2 Å². The van der Waals surface area contributed by atoms with E-state index in [0.29, 0.717) is 9.93 Å². The van der Waals surface area contributed by atoms with Crippen LogP contribution >= 0.6 is 23.4 Å². The molecule has 2 amide bonds. The first-order chi connectivity index (χ1) is 16.5. The summed E-state index contributed by atoms with van der Waals surface area (Å²) in [4.78, 5) is 37.5. The van der Waals surface area contributed by atoms with Crippen LogP contribution in [0.15, 0.2) is 47.6 Å². The third-order valence-electron chi connectivity index (χ3n) is 6.07. The minimum Gasteiger partial charge on any atom is -0.368 e. The van der Waals surface area contributed by atoms with E-state index in [1.165, 1.54) is 6.42 Å². The van der Waals surface area contributed by atoms with Gasteiger partial charge in [-0.15, -0.1) is 0 Å². The fourth-order valence-electron chi connectivity index (χ4n) is 4.41. The van der Waals surface area contributed by atoms with Gasteiger partial charge in [-0.25, -0.2) is 9.97 Å². The molecule has 3 aromatic rings. The summed E-state index contributed by atoms with van der Waals surface area (Å²) in [6, 6.07) is 11.8. The van der Waals surface area contributed by atoms with Crippen LogP contribution in [0.4, 0.5) is 10.5 Å². The molecule has 2 aliphatic rings. The second kappa shape index (κ2) is 9.74. The number of anilines is 1. The summed E-state index contributed by atoms with van der Waals surface area (Å²) in [6.07, 6.45) is 4.42. The van der Waals surface area contributed by atoms with E-state index in [-0.39, 0.29) is 11.1 Å². The molecule has 2 fully saturated rings. The predicted molar refractivity (Wildman–Crippen MR) is 138 cm³/mol. The van der Waals surface area contributed by atoms with E-state index in [9.17, 15) is 9.59 Å². The van der Waals surface area contributed by atoms with Gasteiger partial charge in [-0.05, 0) is 60.6 Å². The van der Waals surface area contributed by atoms with E-state index in [2.05, 4.69) is 38.1 Å². The van der Waals surface area contributed by atoms with Crippen molar-refractivity contribution in [2.75, 3.05) is 37.6 Å². The van der Waals surface area contributed by atoms with Gasteiger partial charge < -0.3 is 4.90 Å². The quantitative estimate of drug-likeness (QED) is 0.511. The van der Waals surface area contributed by atoms with Crippen LogP contribution in [0.25, 0.3) is 28.2 Å². The maximum Gasteiger partial charge on any atom is 0.290 e. The van der Waals surface area contributed by atoms with E-state index in [0.717, 1.165) is 77.9 Å². The Balaban J connectivity index is 1.45. The van der Waals surface area contributed by atoms with Gasteiger partial charge in [0.1, 0.15) is 6.33 Å². The second-order valence-electron chi connectivity index (χ2n) is 8.35. The summed E-state index contributed by atoms with van der Waals surface area (Å²) in [5.74, 6) is -0.377. The minimum absolute atomic E-state index is 0.359. The van der Waals surface area contributed by atoms with E-state index in [4.69, 9.17) is 11.6 Å². The number of halogens is 1. The topological polar surface area (TPSA) is 78.4 Å². The lowest BCUT2D eigenvalue weighted by atomic mass is 10.0. The fraction of sp³-hybridized carbons (Fsp3) is 0.280. The number of hydrogen-bond donors (Lipinski definition) is 1. The number of carbonyl (C=O) groups is 2. The van der Waals surface area contributed by atoms with Crippen molar-refractivity contribution in [3.8, 4) is 11.3 Å². The molecule has 0 spiro atoms. The Bertz CT molecular complexity index is 1300. The molecule has 2 aliphatic heterocycles. The van der Waals surface area contributed by atoms with Crippen molar-refractivity contribution in [3.05, 3.63) is 58.2 Å². The maximum absolute atomic E-state index is 11.9.